The lowest BCUT2D eigenvalue weighted by molar-refractivity contribution is -0.119. The molecule has 2 rings (SSSR count). The smallest absolute Gasteiger partial charge is 0.251 e. The van der Waals surface area contributed by atoms with E-state index in [9.17, 15) is 18.4 Å². The summed E-state index contributed by atoms with van der Waals surface area (Å²) in [6.07, 6.45) is 1.37. The highest BCUT2D eigenvalue weighted by Crippen LogP contribution is 2.37. The highest BCUT2D eigenvalue weighted by Gasteiger charge is 2.38. The second kappa shape index (κ2) is 6.80. The van der Waals surface area contributed by atoms with Gasteiger partial charge >= 0.3 is 0 Å². The summed E-state index contributed by atoms with van der Waals surface area (Å²) in [5.74, 6) is -0.529. The molecule has 2 atom stereocenters. The van der Waals surface area contributed by atoms with E-state index in [0.717, 1.165) is 12.0 Å². The van der Waals surface area contributed by atoms with Crippen molar-refractivity contribution in [1.29, 1.82) is 0 Å². The molecule has 1 aliphatic rings. The third-order valence-electron chi connectivity index (χ3n) is 4.08. The van der Waals surface area contributed by atoms with Crippen LogP contribution in [0.15, 0.2) is 18.2 Å². The van der Waals surface area contributed by atoms with Crippen molar-refractivity contribution >= 4 is 28.6 Å². The lowest BCUT2D eigenvalue weighted by Gasteiger charge is -2.20. The van der Waals surface area contributed by atoms with Crippen molar-refractivity contribution in [3.05, 3.63) is 29.3 Å². The fraction of sp³-hybridized carbons (Fsp3) is 0.500. The van der Waals surface area contributed by atoms with Crippen molar-refractivity contribution in [2.24, 2.45) is 0 Å². The number of carbonyl (C=O) groups excluding carboxylic acids is 2. The Balaban J connectivity index is 2.19. The van der Waals surface area contributed by atoms with Gasteiger partial charge in [-0.05, 0) is 44.0 Å². The van der Waals surface area contributed by atoms with Crippen molar-refractivity contribution in [3.8, 4) is 0 Å². The first-order chi connectivity index (χ1) is 10.8. The minimum absolute atomic E-state index is 0.101. The zero-order valence-corrected chi connectivity index (χ0v) is 14.3. The predicted octanol–water partition coefficient (Wildman–Crippen LogP) is 1.69. The molecule has 126 valence electrons. The molecule has 1 heterocycles. The number of fused-ring (bicyclic) bond motifs is 1. The number of amides is 2. The molecule has 0 fully saturated rings. The Bertz CT molecular complexity index is 657. The van der Waals surface area contributed by atoms with Crippen LogP contribution in [-0.4, -0.2) is 32.4 Å². The van der Waals surface area contributed by atoms with Gasteiger partial charge in [-0.3, -0.25) is 13.8 Å². The number of rotatable bonds is 6. The van der Waals surface area contributed by atoms with E-state index in [0.29, 0.717) is 17.7 Å². The highest BCUT2D eigenvalue weighted by atomic mass is 32.2. The van der Waals surface area contributed by atoms with Crippen LogP contribution in [0.5, 0.6) is 0 Å². The zero-order valence-electron chi connectivity index (χ0n) is 13.5. The molecule has 7 heteroatoms. The van der Waals surface area contributed by atoms with Crippen LogP contribution in [0.2, 0.25) is 0 Å². The zero-order chi connectivity index (χ0) is 17.2. The molecule has 2 amide bonds. The van der Waals surface area contributed by atoms with Crippen LogP contribution >= 0.6 is 0 Å². The van der Waals surface area contributed by atoms with E-state index in [1.54, 1.807) is 32.0 Å². The molecule has 23 heavy (non-hydrogen) atoms. The first kappa shape index (κ1) is 17.6. The molecule has 0 aromatic heterocycles. The van der Waals surface area contributed by atoms with Crippen LogP contribution in [0, 0.1) is 0 Å². The van der Waals surface area contributed by atoms with Gasteiger partial charge < -0.3 is 15.2 Å². The van der Waals surface area contributed by atoms with Gasteiger partial charge in [-0.1, -0.05) is 24.4 Å². The van der Waals surface area contributed by atoms with Gasteiger partial charge in [0.1, 0.15) is 0 Å². The Morgan fingerprint density at radius 1 is 1.43 bits per heavy atom. The van der Waals surface area contributed by atoms with E-state index in [2.05, 4.69) is 10.6 Å². The Labute approximate surface area is 138 Å². The second-order valence-corrected chi connectivity index (χ2v) is 7.21. The highest BCUT2D eigenvalue weighted by molar-refractivity contribution is 7.79. The molecule has 0 saturated heterocycles. The van der Waals surface area contributed by atoms with Gasteiger partial charge in [0, 0.05) is 23.0 Å². The molecule has 1 aliphatic heterocycles. The Kier molecular flexibility index (Phi) is 5.21. The van der Waals surface area contributed by atoms with Gasteiger partial charge in [0.05, 0.1) is 5.41 Å². The van der Waals surface area contributed by atoms with Crippen molar-refractivity contribution in [2.45, 2.75) is 45.1 Å². The van der Waals surface area contributed by atoms with E-state index in [1.807, 2.05) is 6.92 Å². The number of carbonyl (C=O) groups is 2. The lowest BCUT2D eigenvalue weighted by Crippen LogP contribution is -2.38. The molecule has 6 nitrogen and oxygen atoms in total. The van der Waals surface area contributed by atoms with Gasteiger partial charge in [-0.25, -0.2) is 0 Å². The number of anilines is 1. The standard InChI is InChI=1S/C16H22N2O4S/c1-4-5-11(9-23(21)22)17-14(19)10-6-7-13-12(8-10)16(2,3)15(20)18-13/h6-8,11H,4-5,9H2,1-3H3,(H,17,19)(H,18,20)(H,21,22)/p-1. The summed E-state index contributed by atoms with van der Waals surface area (Å²) in [6, 6.07) is 4.62. The molecule has 0 aliphatic carbocycles. The Hall–Kier alpha value is -1.73. The molecular formula is C16H21N2O4S-. The maximum absolute atomic E-state index is 12.4. The van der Waals surface area contributed by atoms with Gasteiger partial charge in [0.2, 0.25) is 5.91 Å². The molecule has 1 aromatic rings. The number of hydrogen-bond donors (Lipinski definition) is 2. The van der Waals surface area contributed by atoms with Gasteiger partial charge in [0.15, 0.2) is 0 Å². The molecule has 0 saturated carbocycles. The van der Waals surface area contributed by atoms with Crippen molar-refractivity contribution in [1.82, 2.24) is 5.32 Å². The van der Waals surface area contributed by atoms with Crippen molar-refractivity contribution < 1.29 is 18.4 Å². The fourth-order valence-corrected chi connectivity index (χ4v) is 3.27. The maximum atomic E-state index is 12.4. The summed E-state index contributed by atoms with van der Waals surface area (Å²) >= 11 is -2.21. The summed E-state index contributed by atoms with van der Waals surface area (Å²) < 4.78 is 21.8. The van der Waals surface area contributed by atoms with Crippen LogP contribution in [0.4, 0.5) is 5.69 Å². The second-order valence-electron chi connectivity index (χ2n) is 6.27. The first-order valence-corrected chi connectivity index (χ1v) is 8.82. The Morgan fingerprint density at radius 3 is 2.74 bits per heavy atom. The quantitative estimate of drug-likeness (QED) is 0.772. The molecular weight excluding hydrogens is 316 g/mol. The molecule has 0 bridgehead atoms. The summed E-state index contributed by atoms with van der Waals surface area (Å²) in [4.78, 5) is 24.3. The van der Waals surface area contributed by atoms with Crippen molar-refractivity contribution in [2.75, 3.05) is 11.1 Å². The number of hydrogen-bond acceptors (Lipinski definition) is 4. The number of nitrogens with one attached hydrogen (secondary N) is 2. The largest absolute Gasteiger partial charge is 0.772 e. The normalized spacial score (nSPS) is 18.0. The Morgan fingerprint density at radius 2 is 2.13 bits per heavy atom. The van der Waals surface area contributed by atoms with Gasteiger partial charge in [-0.2, -0.15) is 0 Å². The van der Waals surface area contributed by atoms with Crippen LogP contribution in [0.1, 0.15) is 49.5 Å². The van der Waals surface area contributed by atoms with E-state index in [-0.39, 0.29) is 17.6 Å². The third-order valence-corrected chi connectivity index (χ3v) is 4.76. The fourth-order valence-electron chi connectivity index (χ4n) is 2.69. The minimum Gasteiger partial charge on any atom is -0.772 e. The van der Waals surface area contributed by atoms with Gasteiger partial charge in [0.25, 0.3) is 5.91 Å². The SMILES string of the molecule is CCCC(CS(=O)[O-])NC(=O)c1ccc2c(c1)C(C)(C)C(=O)N2. The van der Waals surface area contributed by atoms with Gasteiger partial charge in [-0.15, -0.1) is 0 Å². The predicted molar refractivity (Wildman–Crippen MR) is 88.0 cm³/mol. The molecule has 2 N–H and O–H groups in total. The van der Waals surface area contributed by atoms with Crippen molar-refractivity contribution in [3.63, 3.8) is 0 Å². The van der Waals surface area contributed by atoms with E-state index < -0.39 is 22.5 Å². The maximum Gasteiger partial charge on any atom is 0.251 e. The van der Waals surface area contributed by atoms with Crippen LogP contribution < -0.4 is 10.6 Å². The van der Waals surface area contributed by atoms with Crippen LogP contribution in [0.25, 0.3) is 0 Å². The average Bonchev–Trinajstić information content (AvgIpc) is 2.68. The summed E-state index contributed by atoms with van der Waals surface area (Å²) in [5.41, 5.74) is 1.22. The van der Waals surface area contributed by atoms with E-state index >= 15 is 0 Å². The molecule has 0 spiro atoms. The lowest BCUT2D eigenvalue weighted by atomic mass is 9.85. The van der Waals surface area contributed by atoms with E-state index in [4.69, 9.17) is 0 Å². The summed E-state index contributed by atoms with van der Waals surface area (Å²) in [6.45, 7) is 5.54. The third kappa shape index (κ3) is 3.79. The minimum atomic E-state index is -2.21. The average molecular weight is 337 g/mol. The first-order valence-electron chi connectivity index (χ1n) is 7.58. The topological polar surface area (TPSA) is 98.3 Å². The number of benzene rings is 1. The monoisotopic (exact) mass is 337 g/mol. The molecule has 1 aromatic carbocycles. The summed E-state index contributed by atoms with van der Waals surface area (Å²) in [5, 5.41) is 5.55. The van der Waals surface area contributed by atoms with E-state index in [1.165, 1.54) is 0 Å². The molecule has 0 radical (unpaired) electrons. The van der Waals surface area contributed by atoms with Crippen LogP contribution in [0.3, 0.4) is 0 Å². The summed E-state index contributed by atoms with van der Waals surface area (Å²) in [7, 11) is 0. The molecule has 2 unspecified atom stereocenters. The van der Waals surface area contributed by atoms with Crippen LogP contribution in [-0.2, 0) is 21.3 Å².